The van der Waals surface area contributed by atoms with Crippen molar-refractivity contribution in [3.63, 3.8) is 0 Å². The van der Waals surface area contributed by atoms with Crippen LogP contribution in [0.2, 0.25) is 0 Å². The number of hydrogen-bond acceptors (Lipinski definition) is 8. The number of nitrogens with zero attached hydrogens (tertiary/aromatic N) is 3. The maximum atomic E-state index is 13.2. The lowest BCUT2D eigenvalue weighted by molar-refractivity contribution is 0.324. The lowest BCUT2D eigenvalue weighted by Crippen LogP contribution is -2.48. The minimum atomic E-state index is -3.54. The second-order valence-electron chi connectivity index (χ2n) is 9.59. The van der Waals surface area contributed by atoms with Crippen LogP contribution in [0.15, 0.2) is 46.7 Å². The van der Waals surface area contributed by atoms with Gasteiger partial charge in [-0.1, -0.05) is 32.9 Å². The van der Waals surface area contributed by atoms with Crippen LogP contribution in [0, 0.1) is 0 Å². The molecule has 2 aromatic carbocycles. The molecule has 0 N–H and O–H groups in total. The number of rotatable bonds is 7. The average molecular weight is 532 g/mol. The first-order chi connectivity index (χ1) is 17.1. The molecule has 0 radical (unpaired) electrons. The Kier molecular flexibility index (Phi) is 7.49. The summed E-state index contributed by atoms with van der Waals surface area (Å²) < 4.78 is 44.3. The molecule has 4 rings (SSSR count). The summed E-state index contributed by atoms with van der Waals surface area (Å²) in [5.74, 6) is 1.66. The molecule has 1 saturated heterocycles. The fraction of sp³-hybridized carbons (Fsp3) is 0.423. The average Bonchev–Trinajstić information content (AvgIpc) is 3.38. The molecule has 36 heavy (non-hydrogen) atoms. The molecule has 1 aromatic heterocycles. The van der Waals surface area contributed by atoms with E-state index < -0.39 is 10.0 Å². The van der Waals surface area contributed by atoms with Gasteiger partial charge in [0.05, 0.1) is 31.9 Å². The number of aromatic nitrogens is 1. The fourth-order valence-corrected chi connectivity index (χ4v) is 6.48. The molecular formula is C26H33N3O5S2. The van der Waals surface area contributed by atoms with Crippen molar-refractivity contribution in [2.75, 3.05) is 52.4 Å². The number of hydrogen-bond donors (Lipinski definition) is 0. The van der Waals surface area contributed by atoms with Crippen molar-refractivity contribution in [2.24, 2.45) is 0 Å². The monoisotopic (exact) mass is 531 g/mol. The van der Waals surface area contributed by atoms with Crippen LogP contribution in [0.1, 0.15) is 26.3 Å². The van der Waals surface area contributed by atoms with E-state index in [-0.39, 0.29) is 5.41 Å². The molecule has 0 saturated carbocycles. The van der Waals surface area contributed by atoms with Gasteiger partial charge in [0.25, 0.3) is 0 Å². The molecule has 0 aliphatic carbocycles. The van der Waals surface area contributed by atoms with Crippen LogP contribution in [0.5, 0.6) is 17.2 Å². The van der Waals surface area contributed by atoms with Gasteiger partial charge in [-0.3, -0.25) is 0 Å². The quantitative estimate of drug-likeness (QED) is 0.439. The minimum absolute atomic E-state index is 0.0252. The maximum absolute atomic E-state index is 13.2. The summed E-state index contributed by atoms with van der Waals surface area (Å²) in [7, 11) is 1.20. The molecule has 3 aromatic rings. The molecule has 0 spiro atoms. The summed E-state index contributed by atoms with van der Waals surface area (Å²) in [5.41, 5.74) is 2.73. The SMILES string of the molecule is COc1cc(-c2csc(N3CCN(S(=O)(=O)c4ccc(C(C)(C)C)cc4)CC3)n2)cc(OC)c1OC. The van der Waals surface area contributed by atoms with Gasteiger partial charge in [0.1, 0.15) is 0 Å². The lowest BCUT2D eigenvalue weighted by atomic mass is 9.87. The van der Waals surface area contributed by atoms with Crippen molar-refractivity contribution >= 4 is 26.5 Å². The zero-order chi connectivity index (χ0) is 26.1. The molecule has 194 valence electrons. The van der Waals surface area contributed by atoms with Crippen LogP contribution in [-0.2, 0) is 15.4 Å². The molecular weight excluding hydrogens is 498 g/mol. The smallest absolute Gasteiger partial charge is 0.243 e. The number of thiazole rings is 1. The first-order valence-corrected chi connectivity index (χ1v) is 14.0. The highest BCUT2D eigenvalue weighted by atomic mass is 32.2. The van der Waals surface area contributed by atoms with E-state index in [2.05, 4.69) is 25.7 Å². The van der Waals surface area contributed by atoms with Crippen LogP contribution in [-0.4, -0.2) is 65.2 Å². The second kappa shape index (κ2) is 10.3. The second-order valence-corrected chi connectivity index (χ2v) is 12.4. The third-order valence-electron chi connectivity index (χ3n) is 6.32. The van der Waals surface area contributed by atoms with Gasteiger partial charge in [0, 0.05) is 37.1 Å². The van der Waals surface area contributed by atoms with Gasteiger partial charge in [-0.2, -0.15) is 4.31 Å². The first-order valence-electron chi connectivity index (χ1n) is 11.7. The lowest BCUT2D eigenvalue weighted by Gasteiger charge is -2.33. The van der Waals surface area contributed by atoms with Crippen LogP contribution < -0.4 is 19.1 Å². The standard InChI is InChI=1S/C26H33N3O5S2/c1-26(2,3)19-7-9-20(10-8-19)36(30,31)29-13-11-28(12-14-29)25-27-21(17-35-25)18-15-22(32-4)24(34-6)23(16-18)33-5/h7-10,15-17H,11-14H2,1-6H3. The van der Waals surface area contributed by atoms with E-state index in [0.29, 0.717) is 48.3 Å². The number of sulfonamides is 1. The Labute approximate surface area is 217 Å². The molecule has 8 nitrogen and oxygen atoms in total. The first kappa shape index (κ1) is 26.2. The summed E-state index contributed by atoms with van der Waals surface area (Å²) in [6.45, 7) is 8.29. The Morgan fingerprint density at radius 2 is 1.47 bits per heavy atom. The van der Waals surface area contributed by atoms with Gasteiger partial charge in [-0.05, 0) is 35.2 Å². The molecule has 10 heteroatoms. The van der Waals surface area contributed by atoms with E-state index in [0.717, 1.165) is 22.0 Å². The number of ether oxygens (including phenoxy) is 3. The van der Waals surface area contributed by atoms with E-state index in [1.165, 1.54) is 11.3 Å². The molecule has 1 aliphatic rings. The van der Waals surface area contributed by atoms with Gasteiger partial charge in [-0.25, -0.2) is 13.4 Å². The number of anilines is 1. The summed E-state index contributed by atoms with van der Waals surface area (Å²) in [6, 6.07) is 11.0. The minimum Gasteiger partial charge on any atom is -0.493 e. The molecule has 0 amide bonds. The highest BCUT2D eigenvalue weighted by Crippen LogP contribution is 2.42. The summed E-state index contributed by atoms with van der Waals surface area (Å²) in [6.07, 6.45) is 0. The Morgan fingerprint density at radius 1 is 0.889 bits per heavy atom. The van der Waals surface area contributed by atoms with E-state index in [1.54, 1.807) is 37.8 Å². The summed E-state index contributed by atoms with van der Waals surface area (Å²) in [4.78, 5) is 7.27. The van der Waals surface area contributed by atoms with Gasteiger partial charge < -0.3 is 19.1 Å². The van der Waals surface area contributed by atoms with E-state index in [9.17, 15) is 8.42 Å². The fourth-order valence-electron chi connectivity index (χ4n) is 4.17. The highest BCUT2D eigenvalue weighted by Gasteiger charge is 2.30. The van der Waals surface area contributed by atoms with Crippen molar-refractivity contribution in [3.8, 4) is 28.5 Å². The van der Waals surface area contributed by atoms with Gasteiger partial charge >= 0.3 is 0 Å². The number of piperazine rings is 1. The summed E-state index contributed by atoms with van der Waals surface area (Å²) >= 11 is 1.53. The third kappa shape index (κ3) is 5.16. The van der Waals surface area contributed by atoms with E-state index in [4.69, 9.17) is 19.2 Å². The van der Waals surface area contributed by atoms with Crippen LogP contribution in [0.25, 0.3) is 11.3 Å². The van der Waals surface area contributed by atoms with Gasteiger partial charge in [0.15, 0.2) is 16.6 Å². The van der Waals surface area contributed by atoms with Crippen LogP contribution in [0.4, 0.5) is 5.13 Å². The normalized spacial score (nSPS) is 15.1. The van der Waals surface area contributed by atoms with Crippen LogP contribution >= 0.6 is 11.3 Å². The Balaban J connectivity index is 1.47. The molecule has 1 aliphatic heterocycles. The van der Waals surface area contributed by atoms with Gasteiger partial charge in [-0.15, -0.1) is 11.3 Å². The largest absolute Gasteiger partial charge is 0.493 e. The predicted octanol–water partition coefficient (Wildman–Crippen LogP) is 4.64. The third-order valence-corrected chi connectivity index (χ3v) is 9.13. The Bertz CT molecular complexity index is 1280. The van der Waals surface area contributed by atoms with Crippen molar-refractivity contribution in [3.05, 3.63) is 47.3 Å². The topological polar surface area (TPSA) is 81.2 Å². The van der Waals surface area contributed by atoms with E-state index in [1.807, 2.05) is 29.6 Å². The van der Waals surface area contributed by atoms with E-state index >= 15 is 0 Å². The van der Waals surface area contributed by atoms with Crippen molar-refractivity contribution < 1.29 is 22.6 Å². The molecule has 0 bridgehead atoms. The number of benzene rings is 2. The molecule has 2 heterocycles. The highest BCUT2D eigenvalue weighted by molar-refractivity contribution is 7.89. The predicted molar refractivity (Wildman–Crippen MR) is 143 cm³/mol. The maximum Gasteiger partial charge on any atom is 0.243 e. The molecule has 0 atom stereocenters. The Morgan fingerprint density at radius 3 is 1.97 bits per heavy atom. The van der Waals surface area contributed by atoms with Crippen molar-refractivity contribution in [1.29, 1.82) is 0 Å². The van der Waals surface area contributed by atoms with Crippen molar-refractivity contribution in [2.45, 2.75) is 31.1 Å². The summed E-state index contributed by atoms with van der Waals surface area (Å²) in [5, 5.41) is 2.83. The van der Waals surface area contributed by atoms with Gasteiger partial charge in [0.2, 0.25) is 15.8 Å². The molecule has 1 fully saturated rings. The van der Waals surface area contributed by atoms with Crippen molar-refractivity contribution in [1.82, 2.24) is 9.29 Å². The zero-order valence-electron chi connectivity index (χ0n) is 21.6. The zero-order valence-corrected chi connectivity index (χ0v) is 23.2. The molecule has 0 unspecified atom stereocenters. The van der Waals surface area contributed by atoms with Crippen LogP contribution in [0.3, 0.4) is 0 Å². The Hall–Kier alpha value is -2.82. The number of methoxy groups -OCH3 is 3.